The molecule has 4 aromatic rings. The summed E-state index contributed by atoms with van der Waals surface area (Å²) in [6, 6.07) is 15.1. The third-order valence-corrected chi connectivity index (χ3v) is 4.56. The minimum atomic E-state index is -0.318. The highest BCUT2D eigenvalue weighted by Crippen LogP contribution is 2.25. The number of rotatable bonds is 5. The number of nitrogens with one attached hydrogen (secondary N) is 2. The Kier molecular flexibility index (Phi) is 4.33. The molecule has 0 radical (unpaired) electrons. The summed E-state index contributed by atoms with van der Waals surface area (Å²) in [7, 11) is 1.60. The maximum atomic E-state index is 12.6. The van der Waals surface area contributed by atoms with Gasteiger partial charge in [-0.15, -0.1) is 0 Å². The lowest BCUT2D eigenvalue weighted by Gasteiger charge is -2.11. The van der Waals surface area contributed by atoms with E-state index in [0.717, 1.165) is 27.6 Å². The first-order valence-corrected chi connectivity index (χ1v) is 8.52. The first-order valence-electron chi connectivity index (χ1n) is 8.52. The van der Waals surface area contributed by atoms with Crippen molar-refractivity contribution in [2.45, 2.75) is 13.1 Å². The first kappa shape index (κ1) is 16.8. The Morgan fingerprint density at radius 3 is 2.78 bits per heavy atom. The normalized spacial score (nSPS) is 11.0. The first-order chi connectivity index (χ1) is 13.2. The molecule has 0 saturated carbocycles. The van der Waals surface area contributed by atoms with Crippen molar-refractivity contribution < 1.29 is 9.53 Å². The van der Waals surface area contributed by atoms with Crippen LogP contribution >= 0.6 is 0 Å². The average molecular weight is 362 g/mol. The van der Waals surface area contributed by atoms with Gasteiger partial charge in [0.1, 0.15) is 17.8 Å². The van der Waals surface area contributed by atoms with E-state index in [0.29, 0.717) is 12.1 Å². The number of ether oxygens (including phenoxy) is 1. The van der Waals surface area contributed by atoms with E-state index >= 15 is 0 Å². The SMILES string of the molecule is COc1ccccc1CNC(=O)Cn1c2ccccc2c2cn[nH]c(=O)c21. The van der Waals surface area contributed by atoms with E-state index in [2.05, 4.69) is 15.5 Å². The molecule has 1 amide bonds. The Bertz CT molecular complexity index is 1190. The van der Waals surface area contributed by atoms with Crippen molar-refractivity contribution in [2.24, 2.45) is 0 Å². The van der Waals surface area contributed by atoms with E-state index in [1.165, 1.54) is 0 Å². The predicted octanol–water partition coefficient (Wildman–Crippen LogP) is 2.20. The lowest BCUT2D eigenvalue weighted by Crippen LogP contribution is -2.28. The lowest BCUT2D eigenvalue weighted by molar-refractivity contribution is -0.121. The maximum Gasteiger partial charge on any atom is 0.288 e. The summed E-state index contributed by atoms with van der Waals surface area (Å²) in [5.74, 6) is 0.525. The molecule has 0 atom stereocenters. The van der Waals surface area contributed by atoms with Crippen LogP contribution in [0.5, 0.6) is 5.75 Å². The lowest BCUT2D eigenvalue weighted by atomic mass is 10.2. The number of amides is 1. The average Bonchev–Trinajstić information content (AvgIpc) is 3.02. The molecule has 0 unspecified atom stereocenters. The van der Waals surface area contributed by atoms with E-state index < -0.39 is 0 Å². The summed E-state index contributed by atoms with van der Waals surface area (Å²) < 4.78 is 7.03. The molecule has 136 valence electrons. The number of H-pyrrole nitrogens is 1. The number of benzene rings is 2. The van der Waals surface area contributed by atoms with E-state index in [-0.39, 0.29) is 18.0 Å². The van der Waals surface area contributed by atoms with Gasteiger partial charge in [0, 0.05) is 28.4 Å². The topological polar surface area (TPSA) is 89.0 Å². The number of carbonyl (C=O) groups excluding carboxylic acids is 1. The zero-order valence-electron chi connectivity index (χ0n) is 14.7. The zero-order valence-corrected chi connectivity index (χ0v) is 14.7. The fourth-order valence-electron chi connectivity index (χ4n) is 3.32. The maximum absolute atomic E-state index is 12.6. The van der Waals surface area contributed by atoms with Crippen molar-refractivity contribution in [1.29, 1.82) is 0 Å². The van der Waals surface area contributed by atoms with Crippen LogP contribution in [0.15, 0.2) is 59.5 Å². The highest BCUT2D eigenvalue weighted by molar-refractivity contribution is 6.07. The molecule has 7 nitrogen and oxygen atoms in total. The molecule has 4 rings (SSSR count). The second-order valence-electron chi connectivity index (χ2n) is 6.15. The third-order valence-electron chi connectivity index (χ3n) is 4.56. The number of aromatic nitrogens is 3. The van der Waals surface area contributed by atoms with Crippen LogP contribution in [0.4, 0.5) is 0 Å². The van der Waals surface area contributed by atoms with Crippen molar-refractivity contribution >= 4 is 27.7 Å². The van der Waals surface area contributed by atoms with Crippen LogP contribution in [0.2, 0.25) is 0 Å². The monoisotopic (exact) mass is 362 g/mol. The van der Waals surface area contributed by atoms with Crippen molar-refractivity contribution in [3.63, 3.8) is 0 Å². The summed E-state index contributed by atoms with van der Waals surface area (Å²) in [5.41, 5.74) is 1.83. The van der Waals surface area contributed by atoms with Crippen LogP contribution < -0.4 is 15.6 Å². The summed E-state index contributed by atoms with van der Waals surface area (Å²) in [6.07, 6.45) is 1.61. The molecule has 27 heavy (non-hydrogen) atoms. The summed E-state index contributed by atoms with van der Waals surface area (Å²) in [5, 5.41) is 10.8. The van der Waals surface area contributed by atoms with Crippen molar-refractivity contribution in [3.8, 4) is 5.75 Å². The van der Waals surface area contributed by atoms with Gasteiger partial charge in [0.05, 0.1) is 13.3 Å². The Morgan fingerprint density at radius 1 is 1.15 bits per heavy atom. The molecule has 0 aliphatic carbocycles. The Balaban J connectivity index is 1.65. The fraction of sp³-hybridized carbons (Fsp3) is 0.150. The van der Waals surface area contributed by atoms with Gasteiger partial charge in [0.15, 0.2) is 0 Å². The largest absolute Gasteiger partial charge is 0.496 e. The van der Waals surface area contributed by atoms with Gasteiger partial charge in [-0.1, -0.05) is 36.4 Å². The second-order valence-corrected chi connectivity index (χ2v) is 6.15. The van der Waals surface area contributed by atoms with Crippen LogP contribution in [0.1, 0.15) is 5.56 Å². The van der Waals surface area contributed by atoms with E-state index in [1.54, 1.807) is 17.9 Å². The standard InChI is InChI=1S/C20H18N4O3/c1-27-17-9-5-2-6-13(17)10-21-18(25)12-24-16-8-4-3-7-14(16)15-11-22-23-20(26)19(15)24/h2-9,11H,10,12H2,1H3,(H,21,25)(H,23,26). The molecule has 0 fully saturated rings. The van der Waals surface area contributed by atoms with Gasteiger partial charge in [-0.2, -0.15) is 5.10 Å². The van der Waals surface area contributed by atoms with Gasteiger partial charge in [-0.3, -0.25) is 9.59 Å². The molecule has 2 heterocycles. The van der Waals surface area contributed by atoms with Gasteiger partial charge in [0.2, 0.25) is 5.91 Å². The van der Waals surface area contributed by atoms with E-state index in [9.17, 15) is 9.59 Å². The molecule has 2 N–H and O–H groups in total. The van der Waals surface area contributed by atoms with Gasteiger partial charge in [0.25, 0.3) is 5.56 Å². The molecule has 0 aliphatic rings. The van der Waals surface area contributed by atoms with Crippen LogP contribution in [0.25, 0.3) is 21.8 Å². The minimum Gasteiger partial charge on any atom is -0.496 e. The number of hydrogen-bond donors (Lipinski definition) is 2. The minimum absolute atomic E-state index is 0.0340. The highest BCUT2D eigenvalue weighted by Gasteiger charge is 2.16. The molecular weight excluding hydrogens is 344 g/mol. The summed E-state index contributed by atoms with van der Waals surface area (Å²) in [6.45, 7) is 0.379. The number of para-hydroxylation sites is 2. The third kappa shape index (κ3) is 3.03. The Labute approximate surface area is 154 Å². The second kappa shape index (κ2) is 6.95. The van der Waals surface area contributed by atoms with E-state index in [4.69, 9.17) is 4.74 Å². The number of carbonyl (C=O) groups is 1. The van der Waals surface area contributed by atoms with Crippen LogP contribution in [0, 0.1) is 0 Å². The number of aromatic amines is 1. The quantitative estimate of drug-likeness (QED) is 0.570. The van der Waals surface area contributed by atoms with E-state index in [1.807, 2.05) is 48.5 Å². The smallest absolute Gasteiger partial charge is 0.288 e. The molecule has 0 aliphatic heterocycles. The molecule has 0 bridgehead atoms. The van der Waals surface area contributed by atoms with Crippen molar-refractivity contribution in [3.05, 3.63) is 70.6 Å². The van der Waals surface area contributed by atoms with Crippen LogP contribution in [-0.4, -0.2) is 27.8 Å². The van der Waals surface area contributed by atoms with Gasteiger partial charge in [-0.05, 0) is 12.1 Å². The Hall–Kier alpha value is -3.61. The number of fused-ring (bicyclic) bond motifs is 3. The predicted molar refractivity (Wildman–Crippen MR) is 103 cm³/mol. The molecule has 0 saturated heterocycles. The number of methoxy groups -OCH3 is 1. The Morgan fingerprint density at radius 2 is 1.93 bits per heavy atom. The number of hydrogen-bond acceptors (Lipinski definition) is 4. The molecular formula is C20H18N4O3. The van der Waals surface area contributed by atoms with Gasteiger partial charge < -0.3 is 14.6 Å². The van der Waals surface area contributed by atoms with Crippen molar-refractivity contribution in [2.75, 3.05) is 7.11 Å². The molecule has 2 aromatic heterocycles. The van der Waals surface area contributed by atoms with Gasteiger partial charge >= 0.3 is 0 Å². The van der Waals surface area contributed by atoms with Gasteiger partial charge in [-0.25, -0.2) is 5.10 Å². The van der Waals surface area contributed by atoms with Crippen LogP contribution in [-0.2, 0) is 17.9 Å². The van der Waals surface area contributed by atoms with Crippen LogP contribution in [0.3, 0.4) is 0 Å². The fourth-order valence-corrected chi connectivity index (χ4v) is 3.32. The molecule has 0 spiro atoms. The molecule has 2 aromatic carbocycles. The number of nitrogens with zero attached hydrogens (tertiary/aromatic N) is 2. The zero-order chi connectivity index (χ0) is 18.8. The summed E-state index contributed by atoms with van der Waals surface area (Å²) >= 11 is 0. The summed E-state index contributed by atoms with van der Waals surface area (Å²) in [4.78, 5) is 24.9. The van der Waals surface area contributed by atoms with Crippen molar-refractivity contribution in [1.82, 2.24) is 20.1 Å². The highest BCUT2D eigenvalue weighted by atomic mass is 16.5. The molecule has 7 heteroatoms.